The number of aromatic amines is 1. The van der Waals surface area contributed by atoms with Crippen LogP contribution in [0.2, 0.25) is 0 Å². The predicted molar refractivity (Wildman–Crippen MR) is 97.0 cm³/mol. The fraction of sp³-hybridized carbons (Fsp3) is 0.125. The Kier molecular flexibility index (Phi) is 5.36. The summed E-state index contributed by atoms with van der Waals surface area (Å²) in [6.07, 6.45) is 1.58. The lowest BCUT2D eigenvalue weighted by molar-refractivity contribution is -0.120. The van der Waals surface area contributed by atoms with Crippen molar-refractivity contribution in [2.75, 3.05) is 5.32 Å². The fourth-order valence-electron chi connectivity index (χ4n) is 2.04. The Morgan fingerprint density at radius 1 is 1.20 bits per heavy atom. The van der Waals surface area contributed by atoms with Crippen molar-refractivity contribution in [2.45, 2.75) is 13.0 Å². The molecular weight excluding hydrogens is 360 g/mol. The molecule has 25 heavy (non-hydrogen) atoms. The molecule has 0 saturated carbocycles. The van der Waals surface area contributed by atoms with Crippen molar-refractivity contribution < 1.29 is 9.59 Å². The Morgan fingerprint density at radius 2 is 2.08 bits per heavy atom. The quantitative estimate of drug-likeness (QED) is 0.614. The van der Waals surface area contributed by atoms with Gasteiger partial charge in [0.25, 0.3) is 11.5 Å². The Hall–Kier alpha value is -2.78. The van der Waals surface area contributed by atoms with Crippen LogP contribution in [0.3, 0.4) is 0 Å². The molecule has 3 heterocycles. The molecule has 2 amide bonds. The number of H-pyrrole nitrogens is 1. The van der Waals surface area contributed by atoms with E-state index in [0.717, 1.165) is 4.88 Å². The van der Waals surface area contributed by atoms with Gasteiger partial charge >= 0.3 is 0 Å². The summed E-state index contributed by atoms with van der Waals surface area (Å²) in [6, 6.07) is 6.88. The minimum Gasteiger partial charge on any atom is -0.351 e. The third kappa shape index (κ3) is 4.61. The number of aromatic nitrogens is 2. The molecule has 0 aliphatic heterocycles. The maximum atomic E-state index is 12.1. The third-order valence-corrected chi connectivity index (χ3v) is 4.90. The van der Waals surface area contributed by atoms with Crippen LogP contribution in [0.4, 0.5) is 5.13 Å². The molecule has 9 heteroatoms. The zero-order valence-electron chi connectivity index (χ0n) is 12.9. The zero-order chi connectivity index (χ0) is 17.6. The van der Waals surface area contributed by atoms with E-state index >= 15 is 0 Å². The van der Waals surface area contributed by atoms with Crippen LogP contribution in [0.15, 0.2) is 46.0 Å². The smallest absolute Gasteiger partial charge is 0.263 e. The number of hydrogen-bond donors (Lipinski definition) is 3. The van der Waals surface area contributed by atoms with Crippen molar-refractivity contribution in [2.24, 2.45) is 0 Å². The highest BCUT2D eigenvalue weighted by Gasteiger charge is 2.13. The minimum atomic E-state index is -0.537. The molecule has 0 radical (unpaired) electrons. The molecule has 3 N–H and O–H groups in total. The van der Waals surface area contributed by atoms with E-state index in [-0.39, 0.29) is 17.9 Å². The number of carbonyl (C=O) groups excluding carboxylic acids is 2. The van der Waals surface area contributed by atoms with Crippen LogP contribution in [0.25, 0.3) is 0 Å². The van der Waals surface area contributed by atoms with E-state index in [2.05, 4.69) is 20.6 Å². The number of nitrogens with zero attached hydrogens (tertiary/aromatic N) is 1. The van der Waals surface area contributed by atoms with E-state index in [1.54, 1.807) is 22.8 Å². The van der Waals surface area contributed by atoms with Crippen molar-refractivity contribution in [3.63, 3.8) is 0 Å². The van der Waals surface area contributed by atoms with Crippen molar-refractivity contribution in [3.8, 4) is 0 Å². The fourth-order valence-corrected chi connectivity index (χ4v) is 3.39. The Labute approximate surface area is 150 Å². The number of thiazole rings is 1. The van der Waals surface area contributed by atoms with Crippen LogP contribution >= 0.6 is 22.7 Å². The number of rotatable bonds is 6. The zero-order valence-corrected chi connectivity index (χ0v) is 14.6. The van der Waals surface area contributed by atoms with Crippen LogP contribution in [-0.4, -0.2) is 21.8 Å². The first kappa shape index (κ1) is 17.1. The highest BCUT2D eigenvalue weighted by Crippen LogP contribution is 2.16. The molecule has 128 valence electrons. The second-order valence-corrected chi connectivity index (χ2v) is 6.93. The summed E-state index contributed by atoms with van der Waals surface area (Å²) >= 11 is 2.78. The molecule has 0 aliphatic rings. The lowest BCUT2D eigenvalue weighted by Gasteiger charge is -2.02. The molecule has 0 spiro atoms. The summed E-state index contributed by atoms with van der Waals surface area (Å²) in [7, 11) is 0. The van der Waals surface area contributed by atoms with E-state index in [0.29, 0.717) is 17.4 Å². The Morgan fingerprint density at radius 3 is 2.84 bits per heavy atom. The van der Waals surface area contributed by atoms with Gasteiger partial charge in [-0.05, 0) is 23.6 Å². The van der Waals surface area contributed by atoms with Gasteiger partial charge in [-0.15, -0.1) is 22.7 Å². The molecule has 3 rings (SSSR count). The topological polar surface area (TPSA) is 104 Å². The molecule has 0 aliphatic carbocycles. The second kappa shape index (κ2) is 7.86. The number of hydrogen-bond acceptors (Lipinski definition) is 6. The van der Waals surface area contributed by atoms with Gasteiger partial charge in [0, 0.05) is 16.5 Å². The largest absolute Gasteiger partial charge is 0.351 e. The molecule has 0 saturated heterocycles. The summed E-state index contributed by atoms with van der Waals surface area (Å²) in [5.74, 6) is -0.680. The molecule has 7 nitrogen and oxygen atoms in total. The van der Waals surface area contributed by atoms with E-state index in [4.69, 9.17) is 0 Å². The standard InChI is InChI=1S/C16H14N4O3S2/c21-13(18-8-11-3-2-6-24-11)7-10-9-25-16(19-10)20-15(23)12-4-1-5-17-14(12)22/h1-6,9H,7-8H2,(H,17,22)(H,18,21)(H,19,20,23). The first-order chi connectivity index (χ1) is 12.1. The van der Waals surface area contributed by atoms with E-state index in [1.165, 1.54) is 23.6 Å². The lowest BCUT2D eigenvalue weighted by Crippen LogP contribution is -2.24. The van der Waals surface area contributed by atoms with Gasteiger partial charge in [-0.25, -0.2) is 4.98 Å². The van der Waals surface area contributed by atoms with Gasteiger partial charge in [-0.1, -0.05) is 6.07 Å². The highest BCUT2D eigenvalue weighted by atomic mass is 32.1. The number of anilines is 1. The molecule has 3 aromatic rings. The first-order valence-corrected chi connectivity index (χ1v) is 9.10. The molecule has 0 fully saturated rings. The van der Waals surface area contributed by atoms with Gasteiger partial charge < -0.3 is 10.3 Å². The van der Waals surface area contributed by atoms with Gasteiger partial charge in [0.2, 0.25) is 5.91 Å². The maximum absolute atomic E-state index is 12.1. The van der Waals surface area contributed by atoms with E-state index < -0.39 is 11.5 Å². The summed E-state index contributed by atoms with van der Waals surface area (Å²) in [4.78, 5) is 43.3. The molecule has 0 atom stereocenters. The van der Waals surface area contributed by atoms with Crippen LogP contribution < -0.4 is 16.2 Å². The maximum Gasteiger partial charge on any atom is 0.263 e. The summed E-state index contributed by atoms with van der Waals surface area (Å²) in [5, 5.41) is 9.38. The van der Waals surface area contributed by atoms with Crippen molar-refractivity contribution in [3.05, 3.63) is 67.7 Å². The SMILES string of the molecule is O=C(Cc1csc(NC(=O)c2ccc[nH]c2=O)n1)NCc1cccs1. The lowest BCUT2D eigenvalue weighted by atomic mass is 10.2. The van der Waals surface area contributed by atoms with Crippen LogP contribution in [0, 0.1) is 0 Å². The monoisotopic (exact) mass is 374 g/mol. The summed E-state index contributed by atoms with van der Waals surface area (Å²) in [6.45, 7) is 0.487. The van der Waals surface area contributed by atoms with Crippen LogP contribution in [0.1, 0.15) is 20.9 Å². The van der Waals surface area contributed by atoms with Crippen LogP contribution in [0.5, 0.6) is 0 Å². The Balaban J connectivity index is 1.55. The average Bonchev–Trinajstić information content (AvgIpc) is 3.25. The molecule has 0 bridgehead atoms. The second-order valence-electron chi connectivity index (χ2n) is 5.04. The van der Waals surface area contributed by atoms with Gasteiger partial charge in [0.15, 0.2) is 5.13 Å². The summed E-state index contributed by atoms with van der Waals surface area (Å²) < 4.78 is 0. The van der Waals surface area contributed by atoms with Gasteiger partial charge in [0.05, 0.1) is 18.7 Å². The normalized spacial score (nSPS) is 10.4. The Bertz CT molecular complexity index is 931. The molecular formula is C16H14N4O3S2. The van der Waals surface area contributed by atoms with Crippen molar-refractivity contribution in [1.82, 2.24) is 15.3 Å². The number of thiophene rings is 1. The minimum absolute atomic E-state index is 0.00735. The first-order valence-electron chi connectivity index (χ1n) is 7.34. The van der Waals surface area contributed by atoms with Crippen molar-refractivity contribution in [1.29, 1.82) is 0 Å². The van der Waals surface area contributed by atoms with Crippen molar-refractivity contribution >= 4 is 39.6 Å². The van der Waals surface area contributed by atoms with E-state index in [9.17, 15) is 14.4 Å². The molecule has 3 aromatic heterocycles. The number of pyridine rings is 1. The third-order valence-electron chi connectivity index (χ3n) is 3.22. The number of nitrogens with one attached hydrogen (secondary N) is 3. The van der Waals surface area contributed by atoms with Gasteiger partial charge in [0.1, 0.15) is 5.56 Å². The molecule has 0 unspecified atom stereocenters. The van der Waals surface area contributed by atoms with Crippen LogP contribution in [-0.2, 0) is 17.8 Å². The summed E-state index contributed by atoms with van der Waals surface area (Å²) in [5.41, 5.74) is 0.101. The predicted octanol–water partition coefficient (Wildman–Crippen LogP) is 2.00. The molecule has 0 aromatic carbocycles. The average molecular weight is 374 g/mol. The van der Waals surface area contributed by atoms with E-state index in [1.807, 2.05) is 17.5 Å². The number of carbonyl (C=O) groups is 2. The highest BCUT2D eigenvalue weighted by molar-refractivity contribution is 7.14. The van der Waals surface area contributed by atoms with Gasteiger partial charge in [-0.3, -0.25) is 19.7 Å². The number of amides is 2. The van der Waals surface area contributed by atoms with Gasteiger partial charge in [-0.2, -0.15) is 0 Å².